The average Bonchev–Trinajstić information content (AvgIpc) is 2.75. The zero-order chi connectivity index (χ0) is 11.5. The first-order chi connectivity index (χ1) is 7.68. The van der Waals surface area contributed by atoms with Crippen molar-refractivity contribution in [3.05, 3.63) is 35.9 Å². The molecule has 3 atom stereocenters. The SMILES string of the molecule is CC1CCN(C(C)C(N)c2ccccc2)C1. The summed E-state index contributed by atoms with van der Waals surface area (Å²) in [4.78, 5) is 2.52. The number of hydrogen-bond donors (Lipinski definition) is 1. The Balaban J connectivity index is 2.02. The Labute approximate surface area is 98.4 Å². The molecule has 1 fully saturated rings. The molecule has 0 spiro atoms. The van der Waals surface area contributed by atoms with Gasteiger partial charge in [0.25, 0.3) is 0 Å². The lowest BCUT2D eigenvalue weighted by molar-refractivity contribution is 0.221. The van der Waals surface area contributed by atoms with Crippen LogP contribution in [-0.2, 0) is 0 Å². The van der Waals surface area contributed by atoms with Crippen LogP contribution in [0.3, 0.4) is 0 Å². The minimum Gasteiger partial charge on any atom is -0.323 e. The van der Waals surface area contributed by atoms with Gasteiger partial charge >= 0.3 is 0 Å². The Kier molecular flexibility index (Phi) is 3.62. The Morgan fingerprint density at radius 3 is 2.56 bits per heavy atom. The van der Waals surface area contributed by atoms with Gasteiger partial charge in [-0.05, 0) is 31.4 Å². The van der Waals surface area contributed by atoms with Crippen molar-refractivity contribution in [2.24, 2.45) is 11.7 Å². The van der Waals surface area contributed by atoms with Crippen molar-refractivity contribution in [2.75, 3.05) is 13.1 Å². The van der Waals surface area contributed by atoms with Crippen LogP contribution in [0.4, 0.5) is 0 Å². The lowest BCUT2D eigenvalue weighted by atomic mass is 10.0. The van der Waals surface area contributed by atoms with Gasteiger partial charge in [0.2, 0.25) is 0 Å². The highest BCUT2D eigenvalue weighted by molar-refractivity contribution is 5.20. The van der Waals surface area contributed by atoms with E-state index in [2.05, 4.69) is 43.0 Å². The van der Waals surface area contributed by atoms with Crippen molar-refractivity contribution >= 4 is 0 Å². The van der Waals surface area contributed by atoms with Crippen molar-refractivity contribution in [3.8, 4) is 0 Å². The maximum atomic E-state index is 6.32. The third-order valence-electron chi connectivity index (χ3n) is 3.74. The fraction of sp³-hybridized carbons (Fsp3) is 0.571. The minimum atomic E-state index is 0.131. The number of nitrogens with two attached hydrogens (primary N) is 1. The topological polar surface area (TPSA) is 29.3 Å². The summed E-state index contributed by atoms with van der Waals surface area (Å²) in [5.74, 6) is 0.824. The van der Waals surface area contributed by atoms with Gasteiger partial charge in [0.1, 0.15) is 0 Å². The van der Waals surface area contributed by atoms with Crippen LogP contribution in [-0.4, -0.2) is 24.0 Å². The summed E-state index contributed by atoms with van der Waals surface area (Å²) >= 11 is 0. The standard InChI is InChI=1S/C14H22N2/c1-11-8-9-16(10-11)12(2)14(15)13-6-4-3-5-7-13/h3-7,11-12,14H,8-10,15H2,1-2H3. The summed E-state index contributed by atoms with van der Waals surface area (Å²) in [5.41, 5.74) is 7.57. The van der Waals surface area contributed by atoms with Gasteiger partial charge in [-0.2, -0.15) is 0 Å². The molecular weight excluding hydrogens is 196 g/mol. The van der Waals surface area contributed by atoms with E-state index in [9.17, 15) is 0 Å². The largest absolute Gasteiger partial charge is 0.323 e. The van der Waals surface area contributed by atoms with Crippen LogP contribution in [0, 0.1) is 5.92 Å². The zero-order valence-corrected chi connectivity index (χ0v) is 10.3. The Morgan fingerprint density at radius 1 is 1.31 bits per heavy atom. The molecule has 0 amide bonds. The second-order valence-corrected chi connectivity index (χ2v) is 5.07. The van der Waals surface area contributed by atoms with Crippen LogP contribution in [0.5, 0.6) is 0 Å². The summed E-state index contributed by atoms with van der Waals surface area (Å²) in [5, 5.41) is 0. The van der Waals surface area contributed by atoms with E-state index in [1.807, 2.05) is 6.07 Å². The molecule has 1 aliphatic rings. The van der Waals surface area contributed by atoms with Gasteiger partial charge < -0.3 is 5.73 Å². The third-order valence-corrected chi connectivity index (χ3v) is 3.74. The fourth-order valence-electron chi connectivity index (χ4n) is 2.52. The van der Waals surface area contributed by atoms with E-state index in [1.165, 1.54) is 25.1 Å². The van der Waals surface area contributed by atoms with Gasteiger partial charge in [0.05, 0.1) is 0 Å². The third kappa shape index (κ3) is 2.45. The zero-order valence-electron chi connectivity index (χ0n) is 10.3. The highest BCUT2D eigenvalue weighted by Gasteiger charge is 2.27. The number of benzene rings is 1. The second-order valence-electron chi connectivity index (χ2n) is 5.07. The Morgan fingerprint density at radius 2 is 2.00 bits per heavy atom. The van der Waals surface area contributed by atoms with E-state index in [1.54, 1.807) is 0 Å². The Bertz CT molecular complexity index is 323. The molecule has 0 radical (unpaired) electrons. The van der Waals surface area contributed by atoms with Gasteiger partial charge in [0.15, 0.2) is 0 Å². The minimum absolute atomic E-state index is 0.131. The molecule has 1 aliphatic heterocycles. The Hall–Kier alpha value is -0.860. The summed E-state index contributed by atoms with van der Waals surface area (Å²) in [6.45, 7) is 6.96. The van der Waals surface area contributed by atoms with Gasteiger partial charge in [0, 0.05) is 18.6 Å². The summed E-state index contributed by atoms with van der Waals surface area (Å²) in [7, 11) is 0. The maximum absolute atomic E-state index is 6.32. The molecule has 0 aliphatic carbocycles. The number of likely N-dealkylation sites (tertiary alicyclic amines) is 1. The number of hydrogen-bond acceptors (Lipinski definition) is 2. The van der Waals surface area contributed by atoms with Gasteiger partial charge in [-0.3, -0.25) is 4.90 Å². The van der Waals surface area contributed by atoms with E-state index in [0.717, 1.165) is 5.92 Å². The molecule has 1 saturated heterocycles. The maximum Gasteiger partial charge on any atom is 0.0450 e. The summed E-state index contributed by atoms with van der Waals surface area (Å²) < 4.78 is 0. The molecule has 1 heterocycles. The summed E-state index contributed by atoms with van der Waals surface area (Å²) in [6.07, 6.45) is 1.31. The van der Waals surface area contributed by atoms with Crippen LogP contribution in [0.1, 0.15) is 31.9 Å². The molecule has 0 aromatic heterocycles. The van der Waals surface area contributed by atoms with Crippen LogP contribution in [0.15, 0.2) is 30.3 Å². The first kappa shape index (κ1) is 11.6. The molecule has 2 N–H and O–H groups in total. The molecule has 2 heteroatoms. The first-order valence-corrected chi connectivity index (χ1v) is 6.23. The van der Waals surface area contributed by atoms with Crippen molar-refractivity contribution in [1.82, 2.24) is 4.90 Å². The smallest absolute Gasteiger partial charge is 0.0450 e. The van der Waals surface area contributed by atoms with E-state index >= 15 is 0 Å². The van der Waals surface area contributed by atoms with Crippen LogP contribution >= 0.6 is 0 Å². The predicted octanol–water partition coefficient (Wildman–Crippen LogP) is 2.42. The van der Waals surface area contributed by atoms with E-state index < -0.39 is 0 Å². The van der Waals surface area contributed by atoms with Gasteiger partial charge in [-0.25, -0.2) is 0 Å². The second kappa shape index (κ2) is 4.98. The molecule has 16 heavy (non-hydrogen) atoms. The monoisotopic (exact) mass is 218 g/mol. The molecule has 1 aromatic carbocycles. The van der Waals surface area contributed by atoms with Crippen molar-refractivity contribution < 1.29 is 0 Å². The van der Waals surface area contributed by atoms with Gasteiger partial charge in [-0.15, -0.1) is 0 Å². The molecule has 3 unspecified atom stereocenters. The first-order valence-electron chi connectivity index (χ1n) is 6.23. The normalized spacial score (nSPS) is 25.6. The molecule has 88 valence electrons. The molecule has 2 rings (SSSR count). The van der Waals surface area contributed by atoms with E-state index in [-0.39, 0.29) is 6.04 Å². The average molecular weight is 218 g/mol. The highest BCUT2D eigenvalue weighted by Crippen LogP contribution is 2.24. The molecule has 0 bridgehead atoms. The lowest BCUT2D eigenvalue weighted by Gasteiger charge is -2.29. The van der Waals surface area contributed by atoms with Crippen molar-refractivity contribution in [3.63, 3.8) is 0 Å². The van der Waals surface area contributed by atoms with E-state index in [0.29, 0.717) is 6.04 Å². The lowest BCUT2D eigenvalue weighted by Crippen LogP contribution is -2.39. The molecule has 0 saturated carbocycles. The molecular formula is C14H22N2. The van der Waals surface area contributed by atoms with Crippen molar-refractivity contribution in [1.29, 1.82) is 0 Å². The number of rotatable bonds is 3. The molecule has 2 nitrogen and oxygen atoms in total. The fourth-order valence-corrected chi connectivity index (χ4v) is 2.52. The van der Waals surface area contributed by atoms with Crippen molar-refractivity contribution in [2.45, 2.75) is 32.4 Å². The van der Waals surface area contributed by atoms with Crippen LogP contribution < -0.4 is 5.73 Å². The van der Waals surface area contributed by atoms with Crippen LogP contribution in [0.2, 0.25) is 0 Å². The van der Waals surface area contributed by atoms with Crippen LogP contribution in [0.25, 0.3) is 0 Å². The van der Waals surface area contributed by atoms with E-state index in [4.69, 9.17) is 5.73 Å². The predicted molar refractivity (Wildman–Crippen MR) is 68.2 cm³/mol. The highest BCUT2D eigenvalue weighted by atomic mass is 15.2. The molecule has 1 aromatic rings. The van der Waals surface area contributed by atoms with Gasteiger partial charge in [-0.1, -0.05) is 37.3 Å². The number of nitrogens with zero attached hydrogens (tertiary/aromatic N) is 1. The summed E-state index contributed by atoms with van der Waals surface area (Å²) in [6, 6.07) is 11.0. The quantitative estimate of drug-likeness (QED) is 0.844.